The molecule has 0 amide bonds. The molecule has 4 rings (SSSR count). The molecule has 0 radical (unpaired) electrons. The van der Waals surface area contributed by atoms with Crippen molar-refractivity contribution in [3.63, 3.8) is 0 Å². The third kappa shape index (κ3) is 6.35. The van der Waals surface area contributed by atoms with Crippen molar-refractivity contribution < 1.29 is 9.53 Å². The van der Waals surface area contributed by atoms with Gasteiger partial charge in [-0.25, -0.2) is 4.79 Å². The first-order chi connectivity index (χ1) is 16.1. The van der Waals surface area contributed by atoms with Crippen molar-refractivity contribution in [1.82, 2.24) is 9.47 Å². The van der Waals surface area contributed by atoms with Crippen LogP contribution >= 0.6 is 0 Å². The average Bonchev–Trinajstić information content (AvgIpc) is 3.26. The van der Waals surface area contributed by atoms with E-state index in [2.05, 4.69) is 65.1 Å². The van der Waals surface area contributed by atoms with Gasteiger partial charge in [-0.2, -0.15) is 0 Å². The lowest BCUT2D eigenvalue weighted by Crippen LogP contribution is -2.31. The number of rotatable bonds is 9. The minimum absolute atomic E-state index is 0.258. The molecule has 1 aliphatic rings. The summed E-state index contributed by atoms with van der Waals surface area (Å²) in [6.07, 6.45) is 8.82. The summed E-state index contributed by atoms with van der Waals surface area (Å²) in [5, 5.41) is 0. The van der Waals surface area contributed by atoms with Crippen molar-refractivity contribution >= 4 is 5.97 Å². The fraction of sp³-hybridized carbons (Fsp3) is 0.414. The van der Waals surface area contributed by atoms with E-state index in [1.54, 1.807) is 0 Å². The van der Waals surface area contributed by atoms with Gasteiger partial charge in [-0.15, -0.1) is 0 Å². The van der Waals surface area contributed by atoms with Crippen LogP contribution < -0.4 is 0 Å². The van der Waals surface area contributed by atoms with Gasteiger partial charge in [0.05, 0.1) is 12.7 Å². The topological polar surface area (TPSA) is 34.5 Å². The fourth-order valence-corrected chi connectivity index (χ4v) is 5.11. The fourth-order valence-electron chi connectivity index (χ4n) is 5.11. The van der Waals surface area contributed by atoms with Crippen LogP contribution in [0.2, 0.25) is 0 Å². The predicted molar refractivity (Wildman–Crippen MR) is 133 cm³/mol. The summed E-state index contributed by atoms with van der Waals surface area (Å²) in [5.74, 6) is 0.468. The summed E-state index contributed by atoms with van der Waals surface area (Å²) in [4.78, 5) is 14.9. The maximum Gasteiger partial charge on any atom is 0.338 e. The number of methoxy groups -OCH3 is 1. The van der Waals surface area contributed by atoms with Gasteiger partial charge < -0.3 is 9.30 Å². The zero-order chi connectivity index (χ0) is 23.0. The van der Waals surface area contributed by atoms with E-state index in [4.69, 9.17) is 4.74 Å². The number of hydrogen-bond acceptors (Lipinski definition) is 3. The number of carbonyl (C=O) groups is 1. The number of nitrogens with zero attached hydrogens (tertiary/aromatic N) is 2. The van der Waals surface area contributed by atoms with Gasteiger partial charge in [-0.1, -0.05) is 67.3 Å². The van der Waals surface area contributed by atoms with Gasteiger partial charge in [0.1, 0.15) is 0 Å². The molecule has 0 saturated heterocycles. The molecule has 33 heavy (non-hydrogen) atoms. The number of ether oxygens (including phenoxy) is 1. The zero-order valence-electron chi connectivity index (χ0n) is 20.0. The quantitative estimate of drug-likeness (QED) is 0.368. The lowest BCUT2D eigenvalue weighted by molar-refractivity contribution is 0.0597. The molecule has 0 spiro atoms. The molecule has 4 heteroatoms. The molecular formula is C29H36N2O2. The standard InChI is InChI=1S/C29H36N2O2/c1-23-10-8-13-25(18-23)20-31-17-9-15-27(31)22-30(19-24-11-4-3-5-12-24)21-26-14-6-7-16-28(26)29(32)33-2/h6-10,13-18,24H,3-5,11-12,19-22H2,1-2H3. The van der Waals surface area contributed by atoms with E-state index in [1.165, 1.54) is 56.0 Å². The van der Waals surface area contributed by atoms with Gasteiger partial charge in [-0.05, 0) is 55.0 Å². The molecule has 1 aliphatic carbocycles. The first-order valence-corrected chi connectivity index (χ1v) is 12.2. The van der Waals surface area contributed by atoms with Crippen molar-refractivity contribution in [2.45, 2.75) is 58.7 Å². The summed E-state index contributed by atoms with van der Waals surface area (Å²) >= 11 is 0. The average molecular weight is 445 g/mol. The molecule has 1 heterocycles. The monoisotopic (exact) mass is 444 g/mol. The molecule has 3 aromatic rings. The SMILES string of the molecule is COC(=O)c1ccccc1CN(Cc1cccn1Cc1cccc(C)c1)CC1CCCCC1. The molecule has 0 aliphatic heterocycles. The summed E-state index contributed by atoms with van der Waals surface area (Å²) < 4.78 is 7.40. The van der Waals surface area contributed by atoms with Gasteiger partial charge in [-0.3, -0.25) is 4.90 Å². The zero-order valence-corrected chi connectivity index (χ0v) is 20.0. The highest BCUT2D eigenvalue weighted by atomic mass is 16.5. The van der Waals surface area contributed by atoms with Crippen LogP contribution in [0.3, 0.4) is 0 Å². The number of aromatic nitrogens is 1. The lowest BCUT2D eigenvalue weighted by Gasteiger charge is -2.30. The smallest absolute Gasteiger partial charge is 0.338 e. The minimum atomic E-state index is -0.258. The molecule has 0 atom stereocenters. The Bertz CT molecular complexity index is 1050. The Morgan fingerprint density at radius 1 is 1.00 bits per heavy atom. The third-order valence-corrected chi connectivity index (χ3v) is 6.80. The molecule has 4 nitrogen and oxygen atoms in total. The molecular weight excluding hydrogens is 408 g/mol. The Hall–Kier alpha value is -2.85. The summed E-state index contributed by atoms with van der Waals surface area (Å²) in [5.41, 5.74) is 5.63. The van der Waals surface area contributed by atoms with Gasteiger partial charge in [0.25, 0.3) is 0 Å². The molecule has 1 saturated carbocycles. The number of esters is 1. The minimum Gasteiger partial charge on any atom is -0.465 e. The van der Waals surface area contributed by atoms with Crippen LogP contribution in [0.25, 0.3) is 0 Å². The highest BCUT2D eigenvalue weighted by molar-refractivity contribution is 5.90. The second-order valence-corrected chi connectivity index (χ2v) is 9.44. The predicted octanol–water partition coefficient (Wildman–Crippen LogP) is 6.21. The van der Waals surface area contributed by atoms with Crippen LogP contribution in [-0.4, -0.2) is 29.1 Å². The van der Waals surface area contributed by atoms with E-state index in [1.807, 2.05) is 18.2 Å². The van der Waals surface area contributed by atoms with Crippen LogP contribution in [0.1, 0.15) is 64.8 Å². The van der Waals surface area contributed by atoms with Crippen molar-refractivity contribution in [3.05, 3.63) is 94.8 Å². The Kier molecular flexibility index (Phi) is 8.01. The van der Waals surface area contributed by atoms with Crippen LogP contribution in [-0.2, 0) is 24.4 Å². The highest BCUT2D eigenvalue weighted by Gasteiger charge is 2.21. The first kappa shape index (κ1) is 23.3. The highest BCUT2D eigenvalue weighted by Crippen LogP contribution is 2.26. The van der Waals surface area contributed by atoms with Crippen molar-refractivity contribution in [3.8, 4) is 0 Å². The van der Waals surface area contributed by atoms with Gasteiger partial charge in [0, 0.05) is 38.1 Å². The van der Waals surface area contributed by atoms with Gasteiger partial charge in [0.2, 0.25) is 0 Å². The summed E-state index contributed by atoms with van der Waals surface area (Å²) in [6.45, 7) is 5.69. The molecule has 1 aromatic heterocycles. The van der Waals surface area contributed by atoms with Crippen LogP contribution in [0.15, 0.2) is 66.9 Å². The van der Waals surface area contributed by atoms with Gasteiger partial charge >= 0.3 is 5.97 Å². The third-order valence-electron chi connectivity index (χ3n) is 6.80. The Morgan fingerprint density at radius 2 is 1.82 bits per heavy atom. The van der Waals surface area contributed by atoms with Crippen LogP contribution in [0.4, 0.5) is 0 Å². The van der Waals surface area contributed by atoms with Crippen molar-refractivity contribution in [2.24, 2.45) is 5.92 Å². The molecule has 2 aromatic carbocycles. The molecule has 1 fully saturated rings. The normalized spacial score (nSPS) is 14.5. The number of hydrogen-bond donors (Lipinski definition) is 0. The number of carbonyl (C=O) groups excluding carboxylic acids is 1. The van der Waals surface area contributed by atoms with E-state index in [9.17, 15) is 4.79 Å². The van der Waals surface area contributed by atoms with Crippen LogP contribution in [0, 0.1) is 12.8 Å². The van der Waals surface area contributed by atoms with E-state index < -0.39 is 0 Å². The second kappa shape index (κ2) is 11.3. The number of benzene rings is 2. The summed E-state index contributed by atoms with van der Waals surface area (Å²) in [7, 11) is 1.46. The largest absolute Gasteiger partial charge is 0.465 e. The Balaban J connectivity index is 1.55. The Morgan fingerprint density at radius 3 is 2.61 bits per heavy atom. The van der Waals surface area contributed by atoms with Gasteiger partial charge in [0.15, 0.2) is 0 Å². The number of aryl methyl sites for hydroxylation is 1. The molecule has 0 bridgehead atoms. The molecule has 0 N–H and O–H groups in total. The van der Waals surface area contributed by atoms with E-state index in [0.29, 0.717) is 5.56 Å². The molecule has 174 valence electrons. The Labute approximate surface area is 198 Å². The lowest BCUT2D eigenvalue weighted by atomic mass is 9.88. The van der Waals surface area contributed by atoms with E-state index in [0.717, 1.165) is 37.7 Å². The maximum atomic E-state index is 12.4. The van der Waals surface area contributed by atoms with E-state index >= 15 is 0 Å². The molecule has 0 unspecified atom stereocenters. The first-order valence-electron chi connectivity index (χ1n) is 12.2. The van der Waals surface area contributed by atoms with Crippen LogP contribution in [0.5, 0.6) is 0 Å². The second-order valence-electron chi connectivity index (χ2n) is 9.44. The maximum absolute atomic E-state index is 12.4. The van der Waals surface area contributed by atoms with E-state index in [-0.39, 0.29) is 5.97 Å². The van der Waals surface area contributed by atoms with Crippen molar-refractivity contribution in [2.75, 3.05) is 13.7 Å². The summed E-state index contributed by atoms with van der Waals surface area (Å²) in [6, 6.07) is 21.0. The van der Waals surface area contributed by atoms with Crippen molar-refractivity contribution in [1.29, 1.82) is 0 Å².